The van der Waals surface area contributed by atoms with E-state index < -0.39 is 63.8 Å². The van der Waals surface area contributed by atoms with Gasteiger partial charge in [-0.1, -0.05) is 23.7 Å². The van der Waals surface area contributed by atoms with Gasteiger partial charge in [0.25, 0.3) is 0 Å². The number of nitrogens with zero attached hydrogens (tertiary/aromatic N) is 6. The lowest BCUT2D eigenvalue weighted by molar-refractivity contribution is -0.137. The van der Waals surface area contributed by atoms with Crippen molar-refractivity contribution in [1.29, 1.82) is 0 Å². The maximum absolute atomic E-state index is 17.0. The summed E-state index contributed by atoms with van der Waals surface area (Å²) in [7, 11) is 0. The number of amides is 1. The lowest BCUT2D eigenvalue weighted by Crippen LogP contribution is -2.43. The highest BCUT2D eigenvalue weighted by Gasteiger charge is 2.49. The Morgan fingerprint density at radius 2 is 1.94 bits per heavy atom. The number of carbonyl (C=O) groups excluding carboxylic acids is 1. The van der Waals surface area contributed by atoms with Crippen molar-refractivity contribution >= 4 is 40.2 Å². The zero-order valence-electron chi connectivity index (χ0n) is 30.3. The van der Waals surface area contributed by atoms with Gasteiger partial charge in [-0.05, 0) is 71.7 Å². The van der Waals surface area contributed by atoms with Crippen molar-refractivity contribution in [3.05, 3.63) is 58.0 Å². The Labute approximate surface area is 313 Å². The van der Waals surface area contributed by atoms with Crippen molar-refractivity contribution in [3.8, 4) is 23.1 Å². The van der Waals surface area contributed by atoms with Crippen molar-refractivity contribution < 1.29 is 41.0 Å². The molecule has 0 radical (unpaired) electrons. The number of hydrogen-bond donors (Lipinski definition) is 1. The highest BCUT2D eigenvalue weighted by atomic mass is 35.5. The fourth-order valence-electron chi connectivity index (χ4n) is 7.59. The Morgan fingerprint density at radius 1 is 1.17 bits per heavy atom. The summed E-state index contributed by atoms with van der Waals surface area (Å²) >= 11 is 6.48. The fourth-order valence-corrected chi connectivity index (χ4v) is 7.85. The van der Waals surface area contributed by atoms with Crippen LogP contribution < -0.4 is 19.7 Å². The third kappa shape index (κ3) is 7.05. The van der Waals surface area contributed by atoms with Crippen LogP contribution in [0.2, 0.25) is 5.02 Å². The van der Waals surface area contributed by atoms with Gasteiger partial charge >= 0.3 is 18.3 Å². The number of carbonyl (C=O) groups is 1. The number of alkyl halides is 4. The van der Waals surface area contributed by atoms with E-state index in [9.17, 15) is 22.4 Å². The largest absolute Gasteiger partial charge is 0.475 e. The van der Waals surface area contributed by atoms with Crippen LogP contribution in [0.25, 0.3) is 22.2 Å². The molecular formula is C37H39ClF5N7O4. The molecule has 54 heavy (non-hydrogen) atoms. The normalized spacial score (nSPS) is 20.7. The molecule has 2 saturated heterocycles. The topological polar surface area (TPSA) is 115 Å². The van der Waals surface area contributed by atoms with Gasteiger partial charge in [-0.3, -0.25) is 10.2 Å². The second kappa shape index (κ2) is 13.9. The maximum Gasteiger partial charge on any atom is 0.417 e. The third-order valence-electron chi connectivity index (χ3n) is 10.0. The van der Waals surface area contributed by atoms with Crippen molar-refractivity contribution in [2.24, 2.45) is 0 Å². The maximum atomic E-state index is 17.0. The van der Waals surface area contributed by atoms with E-state index in [0.29, 0.717) is 18.5 Å². The molecule has 288 valence electrons. The quantitative estimate of drug-likeness (QED) is 0.184. The molecule has 4 aromatic rings. The summed E-state index contributed by atoms with van der Waals surface area (Å²) in [4.78, 5) is 34.4. The van der Waals surface area contributed by atoms with E-state index in [2.05, 4.69) is 20.3 Å². The smallest absolute Gasteiger partial charge is 0.417 e. The molecular weight excluding hydrogens is 737 g/mol. The molecule has 11 nitrogen and oxygen atoms in total. The number of hydrogen-bond acceptors (Lipinski definition) is 10. The number of halogens is 6. The van der Waals surface area contributed by atoms with E-state index in [-0.39, 0.29) is 72.2 Å². The molecule has 7 rings (SSSR count). The predicted octanol–water partition coefficient (Wildman–Crippen LogP) is 8.47. The van der Waals surface area contributed by atoms with E-state index >= 15 is 4.39 Å². The van der Waals surface area contributed by atoms with Crippen LogP contribution in [-0.2, 0) is 10.9 Å². The van der Waals surface area contributed by atoms with Crippen LogP contribution in [0.1, 0.15) is 69.7 Å². The number of anilines is 2. The van der Waals surface area contributed by atoms with Crippen LogP contribution in [-0.4, -0.2) is 81.1 Å². The summed E-state index contributed by atoms with van der Waals surface area (Å²) in [6.07, 6.45) is -3.40. The summed E-state index contributed by atoms with van der Waals surface area (Å²) in [5.41, 5.74) is -3.54. The minimum absolute atomic E-state index is 0.00529. The van der Waals surface area contributed by atoms with Gasteiger partial charge in [-0.15, -0.1) is 0 Å². The Bertz CT molecular complexity index is 2120. The first kappa shape index (κ1) is 37.7. The summed E-state index contributed by atoms with van der Waals surface area (Å²) in [6.45, 7) is 9.55. The second-order valence-corrected chi connectivity index (χ2v) is 15.3. The number of pyridine rings is 2. The molecule has 1 aromatic carbocycles. The van der Waals surface area contributed by atoms with Crippen LogP contribution >= 0.6 is 11.6 Å². The first-order chi connectivity index (χ1) is 25.5. The monoisotopic (exact) mass is 775 g/mol. The van der Waals surface area contributed by atoms with E-state index in [0.717, 1.165) is 12.5 Å². The van der Waals surface area contributed by atoms with Gasteiger partial charge in [0.05, 0.1) is 28.7 Å². The highest BCUT2D eigenvalue weighted by molar-refractivity contribution is 6.34. The predicted molar refractivity (Wildman–Crippen MR) is 191 cm³/mol. The van der Waals surface area contributed by atoms with Gasteiger partial charge < -0.3 is 19.1 Å². The number of nitrogens with one attached hydrogen (secondary N) is 1. The Balaban J connectivity index is 1.39. The van der Waals surface area contributed by atoms with Crippen LogP contribution in [0, 0.1) is 12.7 Å². The van der Waals surface area contributed by atoms with Gasteiger partial charge in [0.2, 0.25) is 5.88 Å². The van der Waals surface area contributed by atoms with Crippen LogP contribution in [0.15, 0.2) is 30.5 Å². The molecule has 6 heterocycles. The lowest BCUT2D eigenvalue weighted by atomic mass is 9.95. The molecule has 3 aromatic heterocycles. The van der Waals surface area contributed by atoms with Crippen molar-refractivity contribution in [1.82, 2.24) is 24.8 Å². The van der Waals surface area contributed by atoms with E-state index in [1.807, 2.05) is 11.8 Å². The third-order valence-corrected chi connectivity index (χ3v) is 10.5. The first-order valence-electron chi connectivity index (χ1n) is 17.6. The van der Waals surface area contributed by atoms with Gasteiger partial charge in [0.1, 0.15) is 53.2 Å². The average molecular weight is 776 g/mol. The molecule has 0 bridgehead atoms. The average Bonchev–Trinajstić information content (AvgIpc) is 3.55. The molecule has 3 aliphatic rings. The lowest BCUT2D eigenvalue weighted by Gasteiger charge is -2.32. The van der Waals surface area contributed by atoms with Crippen molar-refractivity contribution in [3.63, 3.8) is 0 Å². The van der Waals surface area contributed by atoms with Crippen LogP contribution in [0.4, 0.5) is 38.4 Å². The summed E-state index contributed by atoms with van der Waals surface area (Å²) in [5.74, 6) is -1.10. The van der Waals surface area contributed by atoms with Gasteiger partial charge in [0.15, 0.2) is 5.82 Å². The SMILES string of the molecule is Cc1ccc(C(F)(F)F)c(-c2nc3c4c(nc(OC[C@@]56CCCN5C[C@H](F)C6)nc4c2F)N([C@H](C)c2cccnc2NC(=O)OC(C)(C)C)CCO3)c1Cl. The Morgan fingerprint density at radius 3 is 2.69 bits per heavy atom. The summed E-state index contributed by atoms with van der Waals surface area (Å²) in [5, 5.41) is 2.35. The summed E-state index contributed by atoms with van der Waals surface area (Å²) < 4.78 is 92.5. The molecule has 1 amide bonds. The molecule has 2 fully saturated rings. The molecule has 0 spiro atoms. The first-order valence-corrected chi connectivity index (χ1v) is 18.0. The number of ether oxygens (including phenoxy) is 3. The summed E-state index contributed by atoms with van der Waals surface area (Å²) in [6, 6.07) is 4.56. The molecule has 1 N–H and O–H groups in total. The number of aromatic nitrogens is 4. The van der Waals surface area contributed by atoms with E-state index in [1.165, 1.54) is 19.2 Å². The zero-order chi connectivity index (χ0) is 38.7. The molecule has 0 unspecified atom stereocenters. The van der Waals surface area contributed by atoms with Gasteiger partial charge in [-0.2, -0.15) is 23.1 Å². The number of benzene rings is 1. The van der Waals surface area contributed by atoms with E-state index in [4.69, 9.17) is 30.8 Å². The van der Waals surface area contributed by atoms with Crippen molar-refractivity contribution in [2.45, 2.75) is 83.4 Å². The highest BCUT2D eigenvalue weighted by Crippen LogP contribution is 2.47. The number of aryl methyl sites for hydroxylation is 1. The number of fused-ring (bicyclic) bond motifs is 1. The van der Waals surface area contributed by atoms with Crippen LogP contribution in [0.3, 0.4) is 0 Å². The van der Waals surface area contributed by atoms with E-state index in [1.54, 1.807) is 37.8 Å². The molecule has 0 saturated carbocycles. The Hall–Kier alpha value is -4.57. The second-order valence-electron chi connectivity index (χ2n) is 14.9. The fraction of sp³-hybridized carbons (Fsp3) is 0.486. The minimum atomic E-state index is -4.90. The molecule has 0 aliphatic carbocycles. The minimum Gasteiger partial charge on any atom is -0.475 e. The van der Waals surface area contributed by atoms with Crippen LogP contribution in [0.5, 0.6) is 11.9 Å². The molecule has 3 aliphatic heterocycles. The molecule has 3 atom stereocenters. The zero-order valence-corrected chi connectivity index (χ0v) is 31.0. The van der Waals surface area contributed by atoms with Gasteiger partial charge in [0, 0.05) is 30.3 Å². The number of rotatable bonds is 7. The van der Waals surface area contributed by atoms with Gasteiger partial charge in [-0.25, -0.2) is 23.5 Å². The standard InChI is InChI=1S/C37H39ClF5N7O4/c1-19-9-10-23(37(41,42)43)24(26(19)38)28-27(40)29-25-31(48-33(46-29)53-18-36-11-7-13-49(36)17-21(39)16-36)50(14-15-52-32(25)45-28)20(2)22-8-6-12-44-30(22)47-34(51)54-35(3,4)5/h6,8-10,12,20-21H,7,11,13-18H2,1-5H3,(H,44,47,51)/t20-,21-,36+/m1/s1. The Kier molecular flexibility index (Phi) is 9.74. The molecule has 17 heteroatoms. The van der Waals surface area contributed by atoms with Crippen molar-refractivity contribution in [2.75, 3.05) is 43.1 Å².